The molecule has 1 fully saturated rings. The summed E-state index contributed by atoms with van der Waals surface area (Å²) < 4.78 is 18.0. The molecule has 0 bridgehead atoms. The molecule has 2 atom stereocenters. The summed E-state index contributed by atoms with van der Waals surface area (Å²) in [7, 11) is 0. The van der Waals surface area contributed by atoms with Crippen LogP contribution in [0, 0.1) is 0 Å². The fourth-order valence-corrected chi connectivity index (χ4v) is 4.56. The zero-order chi connectivity index (χ0) is 27.4. The third-order valence-corrected chi connectivity index (χ3v) is 6.86. The lowest BCUT2D eigenvalue weighted by Crippen LogP contribution is -2.57. The Labute approximate surface area is 230 Å². The van der Waals surface area contributed by atoms with Gasteiger partial charge in [-0.25, -0.2) is 14.8 Å². The van der Waals surface area contributed by atoms with E-state index in [1.807, 2.05) is 36.9 Å². The highest BCUT2D eigenvalue weighted by molar-refractivity contribution is 6.29. The number of carbonyl (C=O) groups is 2. The van der Waals surface area contributed by atoms with Crippen LogP contribution in [0.5, 0.6) is 11.5 Å². The second-order valence-corrected chi connectivity index (χ2v) is 9.77. The van der Waals surface area contributed by atoms with Crippen LogP contribution in [-0.2, 0) is 16.1 Å². The van der Waals surface area contributed by atoms with Crippen LogP contribution in [0.25, 0.3) is 5.95 Å². The molecule has 2 aliphatic heterocycles. The third kappa shape index (κ3) is 6.33. The van der Waals surface area contributed by atoms with Gasteiger partial charge < -0.3 is 29.3 Å². The molecule has 3 aromatic rings. The van der Waals surface area contributed by atoms with Crippen molar-refractivity contribution in [2.45, 2.75) is 45.4 Å². The van der Waals surface area contributed by atoms with Gasteiger partial charge in [-0.2, -0.15) is 4.98 Å². The molecular weight excluding hydrogens is 526 g/mol. The molecule has 2 aliphatic rings. The molecule has 206 valence electrons. The maximum Gasteiger partial charge on any atom is 0.410 e. The molecule has 0 radical (unpaired) electrons. The number of anilines is 1. The Kier molecular flexibility index (Phi) is 8.01. The fourth-order valence-electron chi connectivity index (χ4n) is 4.39. The van der Waals surface area contributed by atoms with Crippen LogP contribution >= 0.6 is 11.6 Å². The first kappa shape index (κ1) is 26.5. The van der Waals surface area contributed by atoms with Crippen molar-refractivity contribution in [3.05, 3.63) is 53.7 Å². The van der Waals surface area contributed by atoms with Crippen LogP contribution in [0.4, 0.5) is 10.6 Å². The molecule has 12 nitrogen and oxygen atoms in total. The average Bonchev–Trinajstić information content (AvgIpc) is 3.64. The van der Waals surface area contributed by atoms with E-state index in [0.29, 0.717) is 55.9 Å². The molecule has 0 aliphatic carbocycles. The van der Waals surface area contributed by atoms with Crippen molar-refractivity contribution in [2.75, 3.05) is 31.3 Å². The summed E-state index contributed by atoms with van der Waals surface area (Å²) in [5, 5.41) is 3.23. The first-order valence-corrected chi connectivity index (χ1v) is 13.2. The Morgan fingerprint density at radius 3 is 2.85 bits per heavy atom. The molecule has 1 N–H and O–H groups in total. The van der Waals surface area contributed by atoms with Crippen LogP contribution in [0.1, 0.15) is 32.3 Å². The summed E-state index contributed by atoms with van der Waals surface area (Å²) in [6, 6.07) is 6.77. The van der Waals surface area contributed by atoms with E-state index in [2.05, 4.69) is 20.3 Å². The number of carbonyl (C=O) groups excluding carboxylic acids is 2. The van der Waals surface area contributed by atoms with Crippen molar-refractivity contribution in [2.24, 2.45) is 0 Å². The molecule has 0 saturated carbocycles. The Bertz CT molecular complexity index is 1320. The number of halogens is 1. The van der Waals surface area contributed by atoms with E-state index < -0.39 is 12.1 Å². The second kappa shape index (κ2) is 11.8. The van der Waals surface area contributed by atoms with Crippen LogP contribution in [0.2, 0.25) is 5.15 Å². The molecule has 2 amide bonds. The molecule has 0 spiro atoms. The maximum absolute atomic E-state index is 13.1. The summed E-state index contributed by atoms with van der Waals surface area (Å²) in [4.78, 5) is 42.7. The van der Waals surface area contributed by atoms with E-state index in [1.165, 1.54) is 0 Å². The quantitative estimate of drug-likeness (QED) is 0.417. The smallest absolute Gasteiger partial charge is 0.410 e. The average molecular weight is 556 g/mol. The van der Waals surface area contributed by atoms with E-state index >= 15 is 0 Å². The lowest BCUT2D eigenvalue weighted by molar-refractivity contribution is -0.122. The van der Waals surface area contributed by atoms with Gasteiger partial charge in [0.1, 0.15) is 23.4 Å². The van der Waals surface area contributed by atoms with Crippen molar-refractivity contribution >= 4 is 29.4 Å². The molecular formula is C26H30ClN7O5. The Morgan fingerprint density at radius 2 is 2.05 bits per heavy atom. The number of hydrogen-bond acceptors (Lipinski definition) is 9. The van der Waals surface area contributed by atoms with Gasteiger partial charge in [0.25, 0.3) is 0 Å². The van der Waals surface area contributed by atoms with E-state index in [0.717, 1.165) is 5.56 Å². The number of amides is 2. The van der Waals surface area contributed by atoms with Crippen molar-refractivity contribution < 1.29 is 23.8 Å². The minimum Gasteiger partial charge on any atom is -0.454 e. The van der Waals surface area contributed by atoms with Crippen molar-refractivity contribution in [3.8, 4) is 17.4 Å². The summed E-state index contributed by atoms with van der Waals surface area (Å²) in [5.41, 5.74) is 0.883. The van der Waals surface area contributed by atoms with Gasteiger partial charge in [0.2, 0.25) is 18.6 Å². The molecule has 13 heteroatoms. The lowest BCUT2D eigenvalue weighted by Gasteiger charge is -2.41. The van der Waals surface area contributed by atoms with Gasteiger partial charge in [0.05, 0.1) is 6.04 Å². The zero-order valence-corrected chi connectivity index (χ0v) is 22.5. The molecule has 4 heterocycles. The highest BCUT2D eigenvalue weighted by Crippen LogP contribution is 2.32. The molecule has 2 unspecified atom stereocenters. The van der Waals surface area contributed by atoms with Gasteiger partial charge in [-0.15, -0.1) is 0 Å². The predicted molar refractivity (Wildman–Crippen MR) is 142 cm³/mol. The van der Waals surface area contributed by atoms with Crippen LogP contribution in [0.3, 0.4) is 0 Å². The van der Waals surface area contributed by atoms with Gasteiger partial charge >= 0.3 is 6.09 Å². The number of rotatable bonds is 8. The van der Waals surface area contributed by atoms with Crippen LogP contribution in [0.15, 0.2) is 43.0 Å². The topological polar surface area (TPSA) is 124 Å². The highest BCUT2D eigenvalue weighted by Gasteiger charge is 2.34. The Hall–Kier alpha value is -4.06. The highest BCUT2D eigenvalue weighted by atomic mass is 35.5. The molecule has 2 aromatic heterocycles. The molecule has 39 heavy (non-hydrogen) atoms. The standard InChI is InChI=1S/C26H30ClN7O5/c1-3-17(2)39-26(36)34-9-8-32(23-12-22(27)30-25(31-23)33-7-6-28-15-33)14-19(34)11-24(35)29-13-18-4-5-20-21(10-18)38-16-37-20/h4-7,10,12,15,17,19H,3,8-9,11,13-14,16H2,1-2H3,(H,29,35). The second-order valence-electron chi connectivity index (χ2n) is 9.38. The number of ether oxygens (including phenoxy) is 3. The number of nitrogens with zero attached hydrogens (tertiary/aromatic N) is 6. The number of aromatic nitrogens is 4. The number of imidazole rings is 1. The summed E-state index contributed by atoms with van der Waals surface area (Å²) in [6.07, 6.45) is 5.07. The van der Waals surface area contributed by atoms with E-state index in [4.69, 9.17) is 25.8 Å². The molecule has 1 aromatic carbocycles. The summed E-state index contributed by atoms with van der Waals surface area (Å²) in [5.74, 6) is 2.12. The van der Waals surface area contributed by atoms with Gasteiger partial charge in [-0.3, -0.25) is 9.36 Å². The normalized spacial score (nSPS) is 17.2. The van der Waals surface area contributed by atoms with Gasteiger partial charge in [0, 0.05) is 51.1 Å². The van der Waals surface area contributed by atoms with Crippen molar-refractivity contribution in [1.82, 2.24) is 29.7 Å². The van der Waals surface area contributed by atoms with E-state index in [-0.39, 0.29) is 30.4 Å². The van der Waals surface area contributed by atoms with Gasteiger partial charge in [0.15, 0.2) is 11.5 Å². The van der Waals surface area contributed by atoms with E-state index in [1.54, 1.807) is 34.3 Å². The minimum absolute atomic E-state index is 0.0872. The van der Waals surface area contributed by atoms with Crippen LogP contribution < -0.4 is 19.7 Å². The van der Waals surface area contributed by atoms with E-state index in [9.17, 15) is 9.59 Å². The number of benzene rings is 1. The largest absolute Gasteiger partial charge is 0.454 e. The molecule has 1 saturated heterocycles. The number of piperazine rings is 1. The third-order valence-electron chi connectivity index (χ3n) is 6.67. The van der Waals surface area contributed by atoms with Crippen molar-refractivity contribution in [3.63, 3.8) is 0 Å². The van der Waals surface area contributed by atoms with Gasteiger partial charge in [-0.1, -0.05) is 24.6 Å². The Balaban J connectivity index is 1.30. The number of fused-ring (bicyclic) bond motifs is 1. The fraction of sp³-hybridized carbons (Fsp3) is 0.423. The van der Waals surface area contributed by atoms with Crippen molar-refractivity contribution in [1.29, 1.82) is 0 Å². The maximum atomic E-state index is 13.1. The first-order valence-electron chi connectivity index (χ1n) is 12.8. The number of nitrogens with one attached hydrogen (secondary N) is 1. The lowest BCUT2D eigenvalue weighted by atomic mass is 10.1. The SMILES string of the molecule is CCC(C)OC(=O)N1CCN(c2cc(Cl)nc(-n3ccnc3)n2)CC1CC(=O)NCc1ccc2c(c1)OCO2. The Morgan fingerprint density at radius 1 is 1.21 bits per heavy atom. The summed E-state index contributed by atoms with van der Waals surface area (Å²) >= 11 is 6.32. The van der Waals surface area contributed by atoms with Gasteiger partial charge in [-0.05, 0) is 31.0 Å². The molecule has 5 rings (SSSR count). The number of hydrogen-bond donors (Lipinski definition) is 1. The van der Waals surface area contributed by atoms with Crippen LogP contribution in [-0.4, -0.2) is 75.0 Å². The zero-order valence-electron chi connectivity index (χ0n) is 21.7. The summed E-state index contributed by atoms with van der Waals surface area (Å²) in [6.45, 7) is 5.52. The monoisotopic (exact) mass is 555 g/mol. The first-order chi connectivity index (χ1) is 18.9. The predicted octanol–water partition coefficient (Wildman–Crippen LogP) is 3.18. The minimum atomic E-state index is -0.447.